The summed E-state index contributed by atoms with van der Waals surface area (Å²) in [4.78, 5) is 21.7. The normalized spacial score (nSPS) is 15.6. The summed E-state index contributed by atoms with van der Waals surface area (Å²) in [6, 6.07) is 3.78. The molecule has 2 heterocycles. The number of carbonyl (C=O) groups is 1. The zero-order valence-electron chi connectivity index (χ0n) is 8.26. The number of amides is 1. The van der Waals surface area contributed by atoms with Crippen molar-refractivity contribution in [2.75, 3.05) is 18.9 Å². The number of aromatic nitrogens is 1. The van der Waals surface area contributed by atoms with Crippen molar-refractivity contribution in [2.24, 2.45) is 0 Å². The molecule has 5 heteroatoms. The van der Waals surface area contributed by atoms with E-state index in [1.165, 1.54) is 16.8 Å². The molecular formula is C10H12N2O2S. The van der Waals surface area contributed by atoms with E-state index in [0.717, 1.165) is 17.9 Å². The molecule has 1 amide bonds. The molecule has 0 unspecified atom stereocenters. The Morgan fingerprint density at radius 2 is 2.33 bits per heavy atom. The standard InChI is InChI=1S/C10H12N2O2S/c13-10(12-6-1-7-14-12)8-15-9-2-4-11-5-3-9/h2-5H,1,6-8H2. The van der Waals surface area contributed by atoms with Crippen molar-refractivity contribution < 1.29 is 9.63 Å². The third-order valence-electron chi connectivity index (χ3n) is 2.04. The number of hydroxylamine groups is 2. The van der Waals surface area contributed by atoms with Crippen LogP contribution in [-0.4, -0.2) is 34.9 Å². The van der Waals surface area contributed by atoms with Gasteiger partial charge in [-0.1, -0.05) is 0 Å². The van der Waals surface area contributed by atoms with Crippen LogP contribution >= 0.6 is 11.8 Å². The summed E-state index contributed by atoms with van der Waals surface area (Å²) in [5.41, 5.74) is 0. The van der Waals surface area contributed by atoms with Crippen LogP contribution in [0, 0.1) is 0 Å². The molecule has 0 saturated carbocycles. The van der Waals surface area contributed by atoms with Crippen LogP contribution in [-0.2, 0) is 9.63 Å². The van der Waals surface area contributed by atoms with E-state index < -0.39 is 0 Å². The summed E-state index contributed by atoms with van der Waals surface area (Å²) in [7, 11) is 0. The molecule has 0 spiro atoms. The van der Waals surface area contributed by atoms with Crippen LogP contribution in [0.25, 0.3) is 0 Å². The second-order valence-electron chi connectivity index (χ2n) is 3.15. The molecule has 1 aliphatic rings. The molecule has 0 bridgehead atoms. The number of hydrogen-bond acceptors (Lipinski definition) is 4. The number of rotatable bonds is 3. The first-order chi connectivity index (χ1) is 7.36. The Bertz CT molecular complexity index is 325. The minimum absolute atomic E-state index is 0.0364. The minimum Gasteiger partial charge on any atom is -0.272 e. The molecular weight excluding hydrogens is 212 g/mol. The summed E-state index contributed by atoms with van der Waals surface area (Å²) in [5, 5.41) is 1.45. The van der Waals surface area contributed by atoms with Gasteiger partial charge in [0, 0.05) is 17.3 Å². The van der Waals surface area contributed by atoms with E-state index in [-0.39, 0.29) is 5.91 Å². The molecule has 4 nitrogen and oxygen atoms in total. The number of hydrogen-bond donors (Lipinski definition) is 0. The van der Waals surface area contributed by atoms with E-state index in [4.69, 9.17) is 4.84 Å². The molecule has 0 N–H and O–H groups in total. The van der Waals surface area contributed by atoms with Gasteiger partial charge in [-0.25, -0.2) is 5.06 Å². The van der Waals surface area contributed by atoms with Gasteiger partial charge in [-0.15, -0.1) is 11.8 Å². The SMILES string of the molecule is O=C(CSc1ccncc1)N1CCCO1. The predicted molar refractivity (Wildman–Crippen MR) is 57.2 cm³/mol. The fraction of sp³-hybridized carbons (Fsp3) is 0.400. The average molecular weight is 224 g/mol. The lowest BCUT2D eigenvalue weighted by Gasteiger charge is -2.12. The Morgan fingerprint density at radius 3 is 3.00 bits per heavy atom. The predicted octanol–water partition coefficient (Wildman–Crippen LogP) is 1.34. The van der Waals surface area contributed by atoms with Crippen molar-refractivity contribution in [1.29, 1.82) is 0 Å². The second-order valence-corrected chi connectivity index (χ2v) is 4.20. The molecule has 80 valence electrons. The zero-order valence-corrected chi connectivity index (χ0v) is 9.07. The van der Waals surface area contributed by atoms with Crippen LogP contribution in [0.2, 0.25) is 0 Å². The first kappa shape index (κ1) is 10.4. The highest BCUT2D eigenvalue weighted by atomic mass is 32.2. The maximum Gasteiger partial charge on any atom is 0.256 e. The van der Waals surface area contributed by atoms with Crippen LogP contribution in [0.15, 0.2) is 29.4 Å². The smallest absolute Gasteiger partial charge is 0.256 e. The highest BCUT2D eigenvalue weighted by Gasteiger charge is 2.18. The molecule has 1 fully saturated rings. The van der Waals surface area contributed by atoms with E-state index in [1.54, 1.807) is 12.4 Å². The van der Waals surface area contributed by atoms with Crippen LogP contribution in [0.3, 0.4) is 0 Å². The molecule has 0 radical (unpaired) electrons. The molecule has 1 aromatic rings. The molecule has 0 atom stereocenters. The molecule has 15 heavy (non-hydrogen) atoms. The fourth-order valence-electron chi connectivity index (χ4n) is 1.30. The highest BCUT2D eigenvalue weighted by Crippen LogP contribution is 2.17. The Balaban J connectivity index is 1.80. The highest BCUT2D eigenvalue weighted by molar-refractivity contribution is 8.00. The van der Waals surface area contributed by atoms with Crippen LogP contribution < -0.4 is 0 Å². The third-order valence-corrected chi connectivity index (χ3v) is 3.04. The van der Waals surface area contributed by atoms with E-state index in [9.17, 15) is 4.79 Å². The van der Waals surface area contributed by atoms with Gasteiger partial charge in [0.1, 0.15) is 0 Å². The minimum atomic E-state index is 0.0364. The maximum atomic E-state index is 11.6. The van der Waals surface area contributed by atoms with Gasteiger partial charge in [0.05, 0.1) is 18.9 Å². The third kappa shape index (κ3) is 2.94. The van der Waals surface area contributed by atoms with Crippen molar-refractivity contribution in [2.45, 2.75) is 11.3 Å². The largest absolute Gasteiger partial charge is 0.272 e. The first-order valence-corrected chi connectivity index (χ1v) is 5.81. The number of thioether (sulfide) groups is 1. The van der Waals surface area contributed by atoms with E-state index in [1.807, 2.05) is 12.1 Å². The van der Waals surface area contributed by atoms with Crippen LogP contribution in [0.4, 0.5) is 0 Å². The number of nitrogens with zero attached hydrogens (tertiary/aromatic N) is 2. The summed E-state index contributed by atoms with van der Waals surface area (Å²) < 4.78 is 0. The van der Waals surface area contributed by atoms with E-state index in [0.29, 0.717) is 12.4 Å². The molecule has 1 saturated heterocycles. The van der Waals surface area contributed by atoms with Gasteiger partial charge in [0.25, 0.3) is 5.91 Å². The Morgan fingerprint density at radius 1 is 1.53 bits per heavy atom. The van der Waals surface area contributed by atoms with Gasteiger partial charge in [-0.05, 0) is 18.6 Å². The lowest BCUT2D eigenvalue weighted by molar-refractivity contribution is -0.165. The average Bonchev–Trinajstić information content (AvgIpc) is 2.81. The van der Waals surface area contributed by atoms with E-state index in [2.05, 4.69) is 4.98 Å². The van der Waals surface area contributed by atoms with Gasteiger partial charge >= 0.3 is 0 Å². The molecule has 1 aromatic heterocycles. The maximum absolute atomic E-state index is 11.6. The summed E-state index contributed by atoms with van der Waals surface area (Å²) >= 11 is 1.50. The van der Waals surface area contributed by atoms with Crippen molar-refractivity contribution in [3.05, 3.63) is 24.5 Å². The van der Waals surface area contributed by atoms with Gasteiger partial charge < -0.3 is 0 Å². The van der Waals surface area contributed by atoms with E-state index >= 15 is 0 Å². The number of pyridine rings is 1. The Hall–Kier alpha value is -1.07. The molecule has 0 aromatic carbocycles. The van der Waals surface area contributed by atoms with Crippen molar-refractivity contribution in [1.82, 2.24) is 10.0 Å². The monoisotopic (exact) mass is 224 g/mol. The topological polar surface area (TPSA) is 42.4 Å². The van der Waals surface area contributed by atoms with Crippen LogP contribution in [0.1, 0.15) is 6.42 Å². The molecule has 1 aliphatic heterocycles. The van der Waals surface area contributed by atoms with Gasteiger partial charge in [0.2, 0.25) is 0 Å². The van der Waals surface area contributed by atoms with Crippen molar-refractivity contribution in [3.8, 4) is 0 Å². The van der Waals surface area contributed by atoms with Gasteiger partial charge in [0.15, 0.2) is 0 Å². The fourth-order valence-corrected chi connectivity index (χ4v) is 2.04. The number of carbonyl (C=O) groups excluding carboxylic acids is 1. The van der Waals surface area contributed by atoms with Crippen LogP contribution in [0.5, 0.6) is 0 Å². The van der Waals surface area contributed by atoms with Gasteiger partial charge in [-0.3, -0.25) is 14.6 Å². The summed E-state index contributed by atoms with van der Waals surface area (Å²) in [5.74, 6) is 0.457. The zero-order chi connectivity index (χ0) is 10.5. The summed E-state index contributed by atoms with van der Waals surface area (Å²) in [6.07, 6.45) is 4.38. The quantitative estimate of drug-likeness (QED) is 0.727. The van der Waals surface area contributed by atoms with Gasteiger partial charge in [-0.2, -0.15) is 0 Å². The van der Waals surface area contributed by atoms with Crippen molar-refractivity contribution in [3.63, 3.8) is 0 Å². The Kier molecular flexibility index (Phi) is 3.58. The first-order valence-electron chi connectivity index (χ1n) is 4.82. The summed E-state index contributed by atoms with van der Waals surface area (Å²) in [6.45, 7) is 1.38. The van der Waals surface area contributed by atoms with Crippen molar-refractivity contribution >= 4 is 17.7 Å². The lowest BCUT2D eigenvalue weighted by Crippen LogP contribution is -2.28. The molecule has 2 rings (SSSR count). The Labute approximate surface area is 92.6 Å². The second kappa shape index (κ2) is 5.14. The lowest BCUT2D eigenvalue weighted by atomic mass is 10.5. The molecule has 0 aliphatic carbocycles.